The van der Waals surface area contributed by atoms with E-state index in [-0.39, 0.29) is 5.91 Å². The Morgan fingerprint density at radius 3 is 2.68 bits per heavy atom. The summed E-state index contributed by atoms with van der Waals surface area (Å²) in [6.07, 6.45) is 9.78. The number of aromatic nitrogens is 3. The highest BCUT2D eigenvalue weighted by Crippen LogP contribution is 2.38. The predicted molar refractivity (Wildman–Crippen MR) is 119 cm³/mol. The maximum Gasteiger partial charge on any atom is 0.256 e. The molecule has 0 atom stereocenters. The van der Waals surface area contributed by atoms with Gasteiger partial charge in [0.1, 0.15) is 0 Å². The molecular weight excluding hydrogens is 388 g/mol. The van der Waals surface area contributed by atoms with Gasteiger partial charge >= 0.3 is 0 Å². The van der Waals surface area contributed by atoms with Crippen molar-refractivity contribution in [2.24, 2.45) is 0 Å². The van der Waals surface area contributed by atoms with Crippen LogP contribution in [0.25, 0.3) is 21.9 Å². The number of imidazole rings is 1. The van der Waals surface area contributed by atoms with Crippen LogP contribution in [0.1, 0.15) is 27.2 Å². The lowest BCUT2D eigenvalue weighted by atomic mass is 9.94. The summed E-state index contributed by atoms with van der Waals surface area (Å²) in [6.45, 7) is 3.10. The summed E-state index contributed by atoms with van der Waals surface area (Å²) >= 11 is 0. The molecule has 6 heteroatoms. The van der Waals surface area contributed by atoms with Crippen LogP contribution in [0, 0.1) is 0 Å². The van der Waals surface area contributed by atoms with Gasteiger partial charge in [0.05, 0.1) is 37.3 Å². The Morgan fingerprint density at radius 2 is 1.87 bits per heavy atom. The number of ether oxygens (including phenoxy) is 1. The molecule has 1 saturated heterocycles. The summed E-state index contributed by atoms with van der Waals surface area (Å²) in [6, 6.07) is 11.0. The van der Waals surface area contributed by atoms with Crippen molar-refractivity contribution in [3.05, 3.63) is 77.6 Å². The fraction of sp³-hybridized carbons (Fsp3) is 0.280. The second-order valence-electron chi connectivity index (χ2n) is 8.35. The maximum absolute atomic E-state index is 13.5. The van der Waals surface area contributed by atoms with Crippen LogP contribution in [0.4, 0.5) is 0 Å². The molecular formula is C25H24N4O2. The average Bonchev–Trinajstić information content (AvgIpc) is 3.56. The van der Waals surface area contributed by atoms with E-state index in [1.54, 1.807) is 6.33 Å². The van der Waals surface area contributed by atoms with Crippen molar-refractivity contribution in [2.45, 2.75) is 19.4 Å². The predicted octanol–water partition coefficient (Wildman–Crippen LogP) is 3.65. The molecule has 6 rings (SSSR count). The van der Waals surface area contributed by atoms with Crippen molar-refractivity contribution in [3.63, 3.8) is 0 Å². The minimum atomic E-state index is 0.0740. The van der Waals surface area contributed by atoms with Crippen molar-refractivity contribution in [2.75, 3.05) is 26.3 Å². The number of hydrogen-bond donors (Lipinski definition) is 1. The minimum Gasteiger partial charge on any atom is -0.378 e. The summed E-state index contributed by atoms with van der Waals surface area (Å²) < 4.78 is 7.54. The number of hydrogen-bond acceptors (Lipinski definition) is 3. The molecule has 1 fully saturated rings. The first kappa shape index (κ1) is 18.4. The number of rotatable bonds is 4. The normalized spacial score (nSPS) is 15.7. The monoisotopic (exact) mass is 412 g/mol. The first-order valence-corrected chi connectivity index (χ1v) is 10.9. The fourth-order valence-electron chi connectivity index (χ4n) is 4.97. The smallest absolute Gasteiger partial charge is 0.256 e. The number of carbonyl (C=O) groups is 1. The molecule has 156 valence electrons. The number of carbonyl (C=O) groups excluding carboxylic acids is 1. The van der Waals surface area contributed by atoms with Crippen LogP contribution in [0.2, 0.25) is 0 Å². The maximum atomic E-state index is 13.5. The van der Waals surface area contributed by atoms with Crippen LogP contribution in [0.15, 0.2) is 55.2 Å². The first-order valence-electron chi connectivity index (χ1n) is 10.9. The van der Waals surface area contributed by atoms with Gasteiger partial charge in [0.15, 0.2) is 0 Å². The average molecular weight is 412 g/mol. The lowest BCUT2D eigenvalue weighted by Gasteiger charge is -2.27. The van der Waals surface area contributed by atoms with Crippen molar-refractivity contribution >= 4 is 16.7 Å². The summed E-state index contributed by atoms with van der Waals surface area (Å²) in [5.74, 6) is 0.0740. The minimum absolute atomic E-state index is 0.0740. The highest BCUT2D eigenvalue weighted by atomic mass is 16.5. The Labute approximate surface area is 180 Å². The molecule has 4 aromatic rings. The van der Waals surface area contributed by atoms with Crippen molar-refractivity contribution in [1.82, 2.24) is 19.4 Å². The highest BCUT2D eigenvalue weighted by molar-refractivity contribution is 6.07. The molecule has 2 aromatic heterocycles. The van der Waals surface area contributed by atoms with Crippen LogP contribution in [0.5, 0.6) is 0 Å². The van der Waals surface area contributed by atoms with E-state index >= 15 is 0 Å². The molecule has 1 aliphatic heterocycles. The van der Waals surface area contributed by atoms with Gasteiger partial charge in [-0.1, -0.05) is 30.3 Å². The van der Waals surface area contributed by atoms with Crippen LogP contribution in [-0.4, -0.2) is 51.6 Å². The Kier molecular flexibility index (Phi) is 4.39. The molecule has 0 radical (unpaired) electrons. The molecule has 1 N–H and O–H groups in total. The Bertz CT molecular complexity index is 1260. The number of H-pyrrole nitrogens is 1. The largest absolute Gasteiger partial charge is 0.378 e. The van der Waals surface area contributed by atoms with Crippen molar-refractivity contribution in [3.8, 4) is 11.1 Å². The van der Waals surface area contributed by atoms with Gasteiger partial charge in [-0.2, -0.15) is 0 Å². The van der Waals surface area contributed by atoms with Gasteiger partial charge in [0.2, 0.25) is 0 Å². The van der Waals surface area contributed by atoms with Gasteiger partial charge in [-0.3, -0.25) is 4.79 Å². The van der Waals surface area contributed by atoms with Crippen molar-refractivity contribution < 1.29 is 9.53 Å². The molecule has 2 aliphatic rings. The first-order chi connectivity index (χ1) is 15.3. The van der Waals surface area contributed by atoms with Gasteiger partial charge in [-0.05, 0) is 40.3 Å². The quantitative estimate of drug-likeness (QED) is 0.557. The number of aromatic amines is 1. The second kappa shape index (κ2) is 7.39. The lowest BCUT2D eigenvalue weighted by Crippen LogP contribution is -2.40. The van der Waals surface area contributed by atoms with Crippen LogP contribution in [0.3, 0.4) is 0 Å². The van der Waals surface area contributed by atoms with E-state index in [1.165, 1.54) is 21.9 Å². The summed E-state index contributed by atoms with van der Waals surface area (Å²) in [4.78, 5) is 22.7. The number of amides is 1. The Hall–Kier alpha value is -3.38. The topological polar surface area (TPSA) is 63.2 Å². The molecule has 0 bridgehead atoms. The molecule has 1 aliphatic carbocycles. The van der Waals surface area contributed by atoms with E-state index in [4.69, 9.17) is 4.74 Å². The van der Waals surface area contributed by atoms with E-state index < -0.39 is 0 Å². The van der Waals surface area contributed by atoms with Gasteiger partial charge < -0.3 is 19.2 Å². The zero-order chi connectivity index (χ0) is 20.8. The third kappa shape index (κ3) is 3.15. The number of aryl methyl sites for hydroxylation is 2. The van der Waals surface area contributed by atoms with Crippen LogP contribution in [-0.2, 0) is 24.1 Å². The van der Waals surface area contributed by atoms with Gasteiger partial charge in [0.25, 0.3) is 5.91 Å². The molecule has 2 aromatic carbocycles. The third-order valence-corrected chi connectivity index (χ3v) is 6.48. The molecule has 1 amide bonds. The van der Waals surface area contributed by atoms with Crippen LogP contribution >= 0.6 is 0 Å². The van der Waals surface area contributed by atoms with E-state index in [1.807, 2.05) is 17.3 Å². The summed E-state index contributed by atoms with van der Waals surface area (Å²) in [5.41, 5.74) is 6.70. The molecule has 0 spiro atoms. The molecule has 31 heavy (non-hydrogen) atoms. The molecule has 0 unspecified atom stereocenters. The van der Waals surface area contributed by atoms with Crippen LogP contribution < -0.4 is 0 Å². The van der Waals surface area contributed by atoms with Gasteiger partial charge in [-0.15, -0.1) is 0 Å². The summed E-state index contributed by atoms with van der Waals surface area (Å²) in [5, 5.41) is 2.61. The lowest BCUT2D eigenvalue weighted by molar-refractivity contribution is 0.0303. The highest BCUT2D eigenvalue weighted by Gasteiger charge is 2.25. The van der Waals surface area contributed by atoms with Crippen molar-refractivity contribution in [1.29, 1.82) is 0 Å². The molecule has 3 heterocycles. The molecule has 0 saturated carbocycles. The number of morpholine rings is 1. The standard InChI is InChI=1S/C25H24N4O2/c30-25(29-8-10-31-11-9-29)23-15-28(13-19-12-26-16-27-19)14-22(23)20-7-6-18-5-4-17-2-1-3-21(20)24(17)18/h1-3,6-7,12,14-16H,4-5,8-11,13H2,(H,26,27). The zero-order valence-electron chi connectivity index (χ0n) is 17.3. The van der Waals surface area contributed by atoms with Gasteiger partial charge in [0, 0.05) is 37.2 Å². The summed E-state index contributed by atoms with van der Waals surface area (Å²) in [7, 11) is 0. The zero-order valence-corrected chi connectivity index (χ0v) is 17.3. The molecule has 6 nitrogen and oxygen atoms in total. The van der Waals surface area contributed by atoms with E-state index in [0.717, 1.165) is 35.2 Å². The van der Waals surface area contributed by atoms with E-state index in [2.05, 4.69) is 51.1 Å². The number of nitrogens with one attached hydrogen (secondary N) is 1. The third-order valence-electron chi connectivity index (χ3n) is 6.48. The fourth-order valence-corrected chi connectivity index (χ4v) is 4.97. The van der Waals surface area contributed by atoms with E-state index in [9.17, 15) is 4.79 Å². The van der Waals surface area contributed by atoms with E-state index in [0.29, 0.717) is 32.8 Å². The number of benzene rings is 2. The number of nitrogens with zero attached hydrogens (tertiary/aromatic N) is 3. The van der Waals surface area contributed by atoms with Gasteiger partial charge in [-0.25, -0.2) is 4.98 Å². The Balaban J connectivity index is 1.49. The SMILES string of the molecule is O=C(c1cn(Cc2cnc[nH]2)cc1-c1ccc2c3c(cccc13)CC2)N1CCOCC1. The second-order valence-corrected chi connectivity index (χ2v) is 8.35. The Morgan fingerprint density at radius 1 is 1.03 bits per heavy atom.